The van der Waals surface area contributed by atoms with Gasteiger partial charge in [-0.2, -0.15) is 0 Å². The third-order valence-corrected chi connectivity index (χ3v) is 7.24. The smallest absolute Gasteiger partial charge is 0.403 e. The lowest BCUT2D eigenvalue weighted by atomic mass is 9.61. The number of carbonyl (C=O) groups excluding carboxylic acids is 1. The number of amides is 1. The molecule has 168 valence electrons. The van der Waals surface area contributed by atoms with Crippen molar-refractivity contribution in [3.8, 4) is 0 Å². The predicted molar refractivity (Wildman–Crippen MR) is 121 cm³/mol. The highest BCUT2D eigenvalue weighted by Gasteiger charge is 2.51. The van der Waals surface area contributed by atoms with E-state index in [0.717, 1.165) is 32.1 Å². The van der Waals surface area contributed by atoms with Gasteiger partial charge in [-0.1, -0.05) is 19.8 Å². The normalized spacial score (nSPS) is 31.9. The van der Waals surface area contributed by atoms with Gasteiger partial charge in [0.05, 0.1) is 16.6 Å². The van der Waals surface area contributed by atoms with Gasteiger partial charge in [-0.05, 0) is 93.6 Å². The molecular weight excluding hydrogens is 363 g/mol. The monoisotopic (exact) mass is 408 g/mol. The third-order valence-electron chi connectivity index (χ3n) is 7.24. The summed E-state index contributed by atoms with van der Waals surface area (Å²) in [6.07, 6.45) is 5.15. The molecule has 1 saturated carbocycles. The SMILES string of the molecule is CN(C)C[C@@H]1CC[C@@H](CCB2OC(C)(C)C(C)(C)O2)C[C@@]1(C)C(=O)NC(C)(C)C. The molecule has 1 heterocycles. The average molecular weight is 408 g/mol. The van der Waals surface area contributed by atoms with E-state index >= 15 is 0 Å². The maximum Gasteiger partial charge on any atom is 0.457 e. The standard InChI is InChI=1S/C23H45BN2O3/c1-20(2,3)25-19(27)23(8)15-17(11-12-18(23)16-26(9)10)13-14-24-28-21(4,5)22(6,7)29-24/h17-18H,11-16H2,1-10H3,(H,25,27)/t17-,18-,23+/m0/s1. The zero-order valence-corrected chi connectivity index (χ0v) is 20.6. The van der Waals surface area contributed by atoms with Crippen LogP contribution in [0.4, 0.5) is 0 Å². The molecular formula is C23H45BN2O3. The minimum atomic E-state index is -0.337. The van der Waals surface area contributed by atoms with Crippen molar-refractivity contribution in [2.45, 2.75) is 104 Å². The maximum absolute atomic E-state index is 13.3. The molecule has 0 spiro atoms. The lowest BCUT2D eigenvalue weighted by Crippen LogP contribution is -2.54. The first kappa shape index (κ1) is 24.7. The van der Waals surface area contributed by atoms with Crippen LogP contribution in [-0.4, -0.2) is 55.3 Å². The van der Waals surface area contributed by atoms with E-state index in [1.165, 1.54) is 6.42 Å². The minimum absolute atomic E-state index is 0.144. The molecule has 2 rings (SSSR count). The van der Waals surface area contributed by atoms with Crippen molar-refractivity contribution >= 4 is 13.0 Å². The van der Waals surface area contributed by atoms with Crippen LogP contribution in [0.25, 0.3) is 0 Å². The first-order chi connectivity index (χ1) is 13.1. The van der Waals surface area contributed by atoms with Crippen molar-refractivity contribution in [1.82, 2.24) is 10.2 Å². The topological polar surface area (TPSA) is 50.8 Å². The number of hydrogen-bond acceptors (Lipinski definition) is 4. The summed E-state index contributed by atoms with van der Waals surface area (Å²) in [7, 11) is 4.06. The lowest BCUT2D eigenvalue weighted by Gasteiger charge is -2.45. The average Bonchev–Trinajstić information content (AvgIpc) is 2.73. The molecule has 0 bridgehead atoms. The summed E-state index contributed by atoms with van der Waals surface area (Å²) in [4.78, 5) is 15.5. The maximum atomic E-state index is 13.3. The van der Waals surface area contributed by atoms with Crippen LogP contribution >= 0.6 is 0 Å². The number of nitrogens with one attached hydrogen (secondary N) is 1. The Balaban J connectivity index is 2.04. The summed E-state index contributed by atoms with van der Waals surface area (Å²) in [5, 5.41) is 3.27. The molecule has 0 unspecified atom stereocenters. The number of rotatable bonds is 6. The molecule has 0 aromatic heterocycles. The van der Waals surface area contributed by atoms with E-state index in [-0.39, 0.29) is 35.2 Å². The summed E-state index contributed by atoms with van der Waals surface area (Å²) in [5.41, 5.74) is -1.10. The molecule has 3 atom stereocenters. The molecule has 6 heteroatoms. The molecule has 0 radical (unpaired) electrons. The Morgan fingerprint density at radius 2 is 1.62 bits per heavy atom. The molecule has 1 aliphatic heterocycles. The van der Waals surface area contributed by atoms with Gasteiger partial charge >= 0.3 is 7.12 Å². The van der Waals surface area contributed by atoms with E-state index in [0.29, 0.717) is 11.8 Å². The fraction of sp³-hybridized carbons (Fsp3) is 0.957. The van der Waals surface area contributed by atoms with Gasteiger partial charge in [-0.3, -0.25) is 4.79 Å². The van der Waals surface area contributed by atoms with E-state index in [1.807, 2.05) is 0 Å². The van der Waals surface area contributed by atoms with Gasteiger partial charge in [0.25, 0.3) is 0 Å². The molecule has 0 aromatic rings. The second-order valence-electron chi connectivity index (χ2n) is 12.0. The molecule has 29 heavy (non-hydrogen) atoms. The predicted octanol–water partition coefficient (Wildman–Crippen LogP) is 4.37. The Kier molecular flexibility index (Phi) is 7.24. The van der Waals surface area contributed by atoms with Gasteiger partial charge in [0.1, 0.15) is 0 Å². The zero-order valence-electron chi connectivity index (χ0n) is 20.6. The highest BCUT2D eigenvalue weighted by molar-refractivity contribution is 6.45. The van der Waals surface area contributed by atoms with Gasteiger partial charge in [-0.25, -0.2) is 0 Å². The Morgan fingerprint density at radius 1 is 1.07 bits per heavy atom. The Bertz CT molecular complexity index is 569. The van der Waals surface area contributed by atoms with Crippen LogP contribution in [0.1, 0.15) is 81.1 Å². The van der Waals surface area contributed by atoms with Gasteiger partial charge < -0.3 is 19.5 Å². The summed E-state index contributed by atoms with van der Waals surface area (Å²) in [5.74, 6) is 1.12. The molecule has 1 aliphatic carbocycles. The second-order valence-corrected chi connectivity index (χ2v) is 12.0. The largest absolute Gasteiger partial charge is 0.457 e. The molecule has 1 amide bonds. The zero-order chi connectivity index (χ0) is 22.3. The van der Waals surface area contributed by atoms with Crippen LogP contribution < -0.4 is 5.32 Å². The van der Waals surface area contributed by atoms with Crippen LogP contribution in [0.5, 0.6) is 0 Å². The quantitative estimate of drug-likeness (QED) is 0.664. The van der Waals surface area contributed by atoms with Crippen molar-refractivity contribution in [2.24, 2.45) is 17.3 Å². The van der Waals surface area contributed by atoms with Crippen molar-refractivity contribution < 1.29 is 14.1 Å². The summed E-state index contributed by atoms with van der Waals surface area (Å²) >= 11 is 0. The van der Waals surface area contributed by atoms with E-state index < -0.39 is 0 Å². The summed E-state index contributed by atoms with van der Waals surface area (Å²) in [6.45, 7) is 17.7. The minimum Gasteiger partial charge on any atom is -0.403 e. The van der Waals surface area contributed by atoms with E-state index in [2.05, 4.69) is 79.7 Å². The van der Waals surface area contributed by atoms with E-state index in [9.17, 15) is 4.79 Å². The molecule has 1 saturated heterocycles. The molecule has 2 fully saturated rings. The van der Waals surface area contributed by atoms with Crippen LogP contribution in [0.15, 0.2) is 0 Å². The Labute approximate surface area is 179 Å². The summed E-state index contributed by atoms with van der Waals surface area (Å²) in [6, 6.07) is 0. The first-order valence-electron chi connectivity index (χ1n) is 11.4. The number of nitrogens with zero attached hydrogens (tertiary/aromatic N) is 1. The van der Waals surface area contributed by atoms with Crippen LogP contribution in [0.3, 0.4) is 0 Å². The van der Waals surface area contributed by atoms with Crippen LogP contribution in [0.2, 0.25) is 6.32 Å². The van der Waals surface area contributed by atoms with Crippen LogP contribution in [-0.2, 0) is 14.1 Å². The van der Waals surface area contributed by atoms with Crippen molar-refractivity contribution in [3.63, 3.8) is 0 Å². The van der Waals surface area contributed by atoms with Crippen LogP contribution in [0, 0.1) is 17.3 Å². The number of hydrogen-bond donors (Lipinski definition) is 1. The van der Waals surface area contributed by atoms with Crippen molar-refractivity contribution in [2.75, 3.05) is 20.6 Å². The van der Waals surface area contributed by atoms with Crippen molar-refractivity contribution in [1.29, 1.82) is 0 Å². The third kappa shape index (κ3) is 5.98. The fourth-order valence-electron chi connectivity index (χ4n) is 4.82. The molecule has 1 N–H and O–H groups in total. The summed E-state index contributed by atoms with van der Waals surface area (Å²) < 4.78 is 12.4. The molecule has 5 nitrogen and oxygen atoms in total. The van der Waals surface area contributed by atoms with E-state index in [1.54, 1.807) is 0 Å². The fourth-order valence-corrected chi connectivity index (χ4v) is 4.82. The first-order valence-corrected chi connectivity index (χ1v) is 11.4. The highest BCUT2D eigenvalue weighted by Crippen LogP contribution is 2.47. The van der Waals surface area contributed by atoms with Gasteiger partial charge in [0, 0.05) is 12.1 Å². The second kappa shape index (κ2) is 8.51. The number of carbonyl (C=O) groups is 1. The highest BCUT2D eigenvalue weighted by atomic mass is 16.7. The Morgan fingerprint density at radius 3 is 2.10 bits per heavy atom. The van der Waals surface area contributed by atoms with Gasteiger partial charge in [0.2, 0.25) is 5.91 Å². The van der Waals surface area contributed by atoms with Gasteiger partial charge in [-0.15, -0.1) is 0 Å². The molecule has 0 aromatic carbocycles. The van der Waals surface area contributed by atoms with Crippen molar-refractivity contribution in [3.05, 3.63) is 0 Å². The van der Waals surface area contributed by atoms with Gasteiger partial charge in [0.15, 0.2) is 0 Å². The Hall–Kier alpha value is -0.585. The molecule has 2 aliphatic rings. The lowest BCUT2D eigenvalue weighted by molar-refractivity contribution is -0.138. The van der Waals surface area contributed by atoms with E-state index in [4.69, 9.17) is 9.31 Å².